The van der Waals surface area contributed by atoms with E-state index < -0.39 is 5.97 Å². The topological polar surface area (TPSA) is 92.9 Å². The molecule has 2 heterocycles. The lowest BCUT2D eigenvalue weighted by atomic mass is 10.3. The van der Waals surface area contributed by atoms with Crippen LogP contribution in [-0.4, -0.2) is 37.1 Å². The molecule has 0 bridgehead atoms. The quantitative estimate of drug-likeness (QED) is 0.729. The molecule has 2 N–H and O–H groups in total. The molecule has 2 aromatic rings. The lowest BCUT2D eigenvalue weighted by Crippen LogP contribution is -2.09. The third-order valence-corrected chi connectivity index (χ3v) is 2.56. The fourth-order valence-corrected chi connectivity index (χ4v) is 1.60. The maximum Gasteiger partial charge on any atom is 0.354 e. The van der Waals surface area contributed by atoms with Crippen LogP contribution >= 0.6 is 0 Å². The van der Waals surface area contributed by atoms with E-state index in [4.69, 9.17) is 5.11 Å². The number of aromatic carboxylic acids is 1. The molecule has 2 aromatic heterocycles. The van der Waals surface area contributed by atoms with Gasteiger partial charge in [0.15, 0.2) is 5.69 Å². The Morgan fingerprint density at radius 3 is 3.00 bits per heavy atom. The maximum atomic E-state index is 10.7. The number of carbonyl (C=O) groups is 1. The largest absolute Gasteiger partial charge is 0.477 e. The van der Waals surface area contributed by atoms with Crippen molar-refractivity contribution in [2.45, 2.75) is 19.4 Å². The van der Waals surface area contributed by atoms with Crippen molar-refractivity contribution < 1.29 is 9.90 Å². The number of carboxylic acid groups (broad SMARTS) is 1. The molecule has 0 spiro atoms. The number of hydrogen-bond donors (Lipinski definition) is 2. The number of nitrogens with zero attached hydrogens (tertiary/aromatic N) is 4. The van der Waals surface area contributed by atoms with E-state index in [1.165, 1.54) is 12.3 Å². The maximum absolute atomic E-state index is 10.7. The second-order valence-electron chi connectivity index (χ2n) is 4.01. The molecule has 0 fully saturated rings. The molecule has 0 saturated heterocycles. The zero-order chi connectivity index (χ0) is 13.5. The first-order valence-corrected chi connectivity index (χ1v) is 6.01. The minimum Gasteiger partial charge on any atom is -0.477 e. The molecule has 0 amide bonds. The second kappa shape index (κ2) is 6.48. The Bertz CT molecular complexity index is 527. The van der Waals surface area contributed by atoms with Gasteiger partial charge in [-0.1, -0.05) is 0 Å². The molecular weight excluding hydrogens is 246 g/mol. The molecule has 0 atom stereocenters. The molecule has 0 aliphatic rings. The second-order valence-corrected chi connectivity index (χ2v) is 4.01. The van der Waals surface area contributed by atoms with E-state index in [1.807, 2.05) is 10.8 Å². The Morgan fingerprint density at radius 2 is 2.26 bits per heavy atom. The first-order chi connectivity index (χ1) is 9.25. The Morgan fingerprint density at radius 1 is 1.37 bits per heavy atom. The van der Waals surface area contributed by atoms with Crippen molar-refractivity contribution >= 4 is 11.9 Å². The van der Waals surface area contributed by atoms with Crippen LogP contribution in [0, 0.1) is 0 Å². The Hall–Kier alpha value is -2.44. The summed E-state index contributed by atoms with van der Waals surface area (Å²) < 4.78 is 2.02. The van der Waals surface area contributed by atoms with Crippen LogP contribution in [-0.2, 0) is 6.54 Å². The molecule has 0 saturated carbocycles. The fraction of sp³-hybridized carbons (Fsp3) is 0.333. The molecule has 0 radical (unpaired) electrons. The smallest absolute Gasteiger partial charge is 0.354 e. The van der Waals surface area contributed by atoms with Crippen molar-refractivity contribution in [1.29, 1.82) is 0 Å². The number of aryl methyl sites for hydroxylation is 1. The molecular formula is C12H15N5O2. The number of aromatic nitrogens is 4. The van der Waals surface area contributed by atoms with Gasteiger partial charge in [-0.2, -0.15) is 0 Å². The number of nitrogens with one attached hydrogen (secondary N) is 1. The number of imidazole rings is 1. The normalized spacial score (nSPS) is 10.3. The van der Waals surface area contributed by atoms with Crippen molar-refractivity contribution in [3.8, 4) is 0 Å². The lowest BCUT2D eigenvalue weighted by molar-refractivity contribution is 0.0690. The highest BCUT2D eigenvalue weighted by Crippen LogP contribution is 2.02. The summed E-state index contributed by atoms with van der Waals surface area (Å²) in [5.74, 6) is -0.701. The van der Waals surface area contributed by atoms with Gasteiger partial charge in [0, 0.05) is 31.7 Å². The van der Waals surface area contributed by atoms with Gasteiger partial charge in [-0.05, 0) is 18.9 Å². The van der Waals surface area contributed by atoms with E-state index in [0.29, 0.717) is 12.5 Å². The van der Waals surface area contributed by atoms with Crippen LogP contribution in [0.25, 0.3) is 0 Å². The summed E-state index contributed by atoms with van der Waals surface area (Å²) >= 11 is 0. The van der Waals surface area contributed by atoms with E-state index >= 15 is 0 Å². The van der Waals surface area contributed by atoms with Crippen molar-refractivity contribution in [2.75, 3.05) is 11.9 Å². The molecule has 0 aliphatic carbocycles. The van der Waals surface area contributed by atoms with E-state index in [0.717, 1.165) is 19.4 Å². The number of anilines is 1. The predicted octanol–water partition coefficient (Wildman–Crippen LogP) is 1.26. The third kappa shape index (κ3) is 4.06. The fourth-order valence-electron chi connectivity index (χ4n) is 1.60. The van der Waals surface area contributed by atoms with Gasteiger partial charge in [-0.25, -0.2) is 19.7 Å². The number of rotatable bonds is 7. The van der Waals surface area contributed by atoms with Gasteiger partial charge in [0.25, 0.3) is 0 Å². The van der Waals surface area contributed by atoms with E-state index in [-0.39, 0.29) is 5.69 Å². The van der Waals surface area contributed by atoms with Crippen molar-refractivity contribution in [1.82, 2.24) is 19.5 Å². The van der Waals surface area contributed by atoms with Crippen LogP contribution in [0.3, 0.4) is 0 Å². The molecule has 7 heteroatoms. The molecule has 19 heavy (non-hydrogen) atoms. The Kier molecular flexibility index (Phi) is 4.44. The van der Waals surface area contributed by atoms with Crippen molar-refractivity contribution in [3.05, 3.63) is 36.7 Å². The summed E-state index contributed by atoms with van der Waals surface area (Å²) in [4.78, 5) is 22.6. The van der Waals surface area contributed by atoms with Gasteiger partial charge in [0.1, 0.15) is 0 Å². The lowest BCUT2D eigenvalue weighted by Gasteiger charge is -2.05. The summed E-state index contributed by atoms with van der Waals surface area (Å²) in [5.41, 5.74) is -0.00378. The number of unbranched alkanes of at least 4 members (excludes halogenated alkanes) is 1. The summed E-state index contributed by atoms with van der Waals surface area (Å²) in [6.45, 7) is 1.62. The van der Waals surface area contributed by atoms with Gasteiger partial charge in [-0.15, -0.1) is 0 Å². The summed E-state index contributed by atoms with van der Waals surface area (Å²) in [5, 5.41) is 11.8. The zero-order valence-corrected chi connectivity index (χ0v) is 10.4. The summed E-state index contributed by atoms with van der Waals surface area (Å²) in [6, 6.07) is 1.37. The van der Waals surface area contributed by atoms with Gasteiger partial charge in [-0.3, -0.25) is 0 Å². The SMILES string of the molecule is O=C(O)c1ccnc(NCCCCn2ccnc2)n1. The van der Waals surface area contributed by atoms with Gasteiger partial charge >= 0.3 is 5.97 Å². The zero-order valence-electron chi connectivity index (χ0n) is 10.4. The molecule has 0 aliphatic heterocycles. The Balaban J connectivity index is 1.70. The van der Waals surface area contributed by atoms with Crippen LogP contribution in [0.1, 0.15) is 23.3 Å². The summed E-state index contributed by atoms with van der Waals surface area (Å²) in [7, 11) is 0. The monoisotopic (exact) mass is 261 g/mol. The Labute approximate surface area is 110 Å². The van der Waals surface area contributed by atoms with Gasteiger partial charge in [0.05, 0.1) is 6.33 Å². The molecule has 7 nitrogen and oxygen atoms in total. The highest BCUT2D eigenvalue weighted by Gasteiger charge is 2.05. The van der Waals surface area contributed by atoms with E-state index in [1.54, 1.807) is 12.5 Å². The molecule has 0 aromatic carbocycles. The predicted molar refractivity (Wildman–Crippen MR) is 68.9 cm³/mol. The summed E-state index contributed by atoms with van der Waals surface area (Å²) in [6.07, 6.45) is 8.84. The minimum absolute atomic E-state index is 0.00378. The molecule has 0 unspecified atom stereocenters. The van der Waals surface area contributed by atoms with E-state index in [9.17, 15) is 4.79 Å². The van der Waals surface area contributed by atoms with Crippen LogP contribution < -0.4 is 5.32 Å². The van der Waals surface area contributed by atoms with Gasteiger partial charge < -0.3 is 15.0 Å². The average molecular weight is 261 g/mol. The van der Waals surface area contributed by atoms with Crippen LogP contribution in [0.2, 0.25) is 0 Å². The highest BCUT2D eigenvalue weighted by molar-refractivity contribution is 5.85. The number of hydrogen-bond acceptors (Lipinski definition) is 5. The first kappa shape index (κ1) is 13.0. The minimum atomic E-state index is -1.05. The van der Waals surface area contributed by atoms with Crippen LogP contribution in [0.15, 0.2) is 31.0 Å². The number of carboxylic acids is 1. The average Bonchev–Trinajstić information content (AvgIpc) is 2.92. The van der Waals surface area contributed by atoms with Crippen molar-refractivity contribution in [2.24, 2.45) is 0 Å². The van der Waals surface area contributed by atoms with E-state index in [2.05, 4.69) is 20.3 Å². The van der Waals surface area contributed by atoms with Gasteiger partial charge in [0.2, 0.25) is 5.95 Å². The highest BCUT2D eigenvalue weighted by atomic mass is 16.4. The molecule has 100 valence electrons. The van der Waals surface area contributed by atoms with Crippen molar-refractivity contribution in [3.63, 3.8) is 0 Å². The van der Waals surface area contributed by atoms with Crippen LogP contribution in [0.4, 0.5) is 5.95 Å². The molecule has 2 rings (SSSR count). The first-order valence-electron chi connectivity index (χ1n) is 6.01. The standard InChI is InChI=1S/C12H15N5O2/c18-11(19)10-3-5-15-12(16-10)14-4-1-2-7-17-8-6-13-9-17/h3,5-6,8-9H,1-2,4,7H2,(H,18,19)(H,14,15,16). The van der Waals surface area contributed by atoms with Crippen LogP contribution in [0.5, 0.6) is 0 Å². The third-order valence-electron chi connectivity index (χ3n) is 2.56.